The van der Waals surface area contributed by atoms with Crippen molar-refractivity contribution in [3.8, 4) is 11.3 Å². The van der Waals surface area contributed by atoms with Crippen molar-refractivity contribution in [2.45, 2.75) is 32.6 Å². The molecule has 0 radical (unpaired) electrons. The topological polar surface area (TPSA) is 61.0 Å². The Balaban J connectivity index is 1.60. The van der Waals surface area contributed by atoms with Crippen LogP contribution in [0.4, 0.5) is 11.4 Å². The predicted octanol–water partition coefficient (Wildman–Crippen LogP) is 5.54. The average molecular weight is 409 g/mol. The highest BCUT2D eigenvalue weighted by molar-refractivity contribution is 6.31. The smallest absolute Gasteiger partial charge is 0.255 e. The third kappa shape index (κ3) is 4.30. The number of halogens is 1. The Labute approximate surface area is 176 Å². The summed E-state index contributed by atoms with van der Waals surface area (Å²) in [7, 11) is 0. The van der Waals surface area contributed by atoms with E-state index in [9.17, 15) is 4.79 Å². The van der Waals surface area contributed by atoms with E-state index in [-0.39, 0.29) is 5.91 Å². The summed E-state index contributed by atoms with van der Waals surface area (Å²) in [5.41, 5.74) is 5.11. The van der Waals surface area contributed by atoms with Gasteiger partial charge in [-0.05, 0) is 56.0 Å². The molecule has 0 unspecified atom stereocenters. The highest BCUT2D eigenvalue weighted by atomic mass is 35.5. The summed E-state index contributed by atoms with van der Waals surface area (Å²) in [6, 6.07) is 15.4. The fourth-order valence-corrected chi connectivity index (χ4v) is 3.97. The highest BCUT2D eigenvalue weighted by Crippen LogP contribution is 2.31. The fourth-order valence-electron chi connectivity index (χ4n) is 3.78. The van der Waals surface area contributed by atoms with E-state index in [1.54, 1.807) is 24.3 Å². The molecule has 3 aromatic rings. The molecule has 150 valence electrons. The number of piperidine rings is 1. The third-order valence-electron chi connectivity index (χ3n) is 5.38. The van der Waals surface area contributed by atoms with Crippen LogP contribution in [0, 0.1) is 0 Å². The molecule has 2 heterocycles. The van der Waals surface area contributed by atoms with Gasteiger partial charge in [-0.2, -0.15) is 5.10 Å². The first-order valence-electron chi connectivity index (χ1n) is 10.1. The van der Waals surface area contributed by atoms with E-state index < -0.39 is 0 Å². The summed E-state index contributed by atoms with van der Waals surface area (Å²) < 4.78 is 0. The quantitative estimate of drug-likeness (QED) is 0.583. The lowest BCUT2D eigenvalue weighted by molar-refractivity contribution is 0.102. The number of amides is 1. The van der Waals surface area contributed by atoms with Crippen molar-refractivity contribution in [2.75, 3.05) is 23.3 Å². The number of nitrogens with zero attached hydrogens (tertiary/aromatic N) is 2. The molecule has 1 saturated heterocycles. The molecule has 0 aliphatic carbocycles. The first-order chi connectivity index (χ1) is 14.2. The van der Waals surface area contributed by atoms with Crippen LogP contribution in [0.1, 0.15) is 42.2 Å². The monoisotopic (exact) mass is 408 g/mol. The number of carbonyl (C=O) groups is 1. The van der Waals surface area contributed by atoms with Gasteiger partial charge in [0.2, 0.25) is 0 Å². The van der Waals surface area contributed by atoms with Crippen LogP contribution in [0.3, 0.4) is 0 Å². The lowest BCUT2D eigenvalue weighted by atomic mass is 10.1. The van der Waals surface area contributed by atoms with Crippen molar-refractivity contribution in [2.24, 2.45) is 0 Å². The number of nitrogens with one attached hydrogen (secondary N) is 2. The van der Waals surface area contributed by atoms with Crippen LogP contribution in [0.2, 0.25) is 5.02 Å². The van der Waals surface area contributed by atoms with Crippen LogP contribution in [-0.2, 0) is 6.42 Å². The predicted molar refractivity (Wildman–Crippen MR) is 119 cm³/mol. The minimum atomic E-state index is -0.199. The Morgan fingerprint density at radius 2 is 1.90 bits per heavy atom. The van der Waals surface area contributed by atoms with Crippen LogP contribution in [-0.4, -0.2) is 29.2 Å². The summed E-state index contributed by atoms with van der Waals surface area (Å²) in [4.78, 5) is 15.2. The molecule has 0 saturated carbocycles. The maximum Gasteiger partial charge on any atom is 0.255 e. The van der Waals surface area contributed by atoms with Gasteiger partial charge in [0.05, 0.1) is 11.4 Å². The Kier molecular flexibility index (Phi) is 5.86. The summed E-state index contributed by atoms with van der Waals surface area (Å²) in [6.45, 7) is 4.26. The zero-order valence-electron chi connectivity index (χ0n) is 16.5. The number of anilines is 2. The molecule has 1 aromatic heterocycles. The van der Waals surface area contributed by atoms with Gasteiger partial charge < -0.3 is 10.2 Å². The maximum atomic E-state index is 12.8. The van der Waals surface area contributed by atoms with E-state index in [4.69, 9.17) is 11.6 Å². The van der Waals surface area contributed by atoms with Gasteiger partial charge >= 0.3 is 0 Å². The number of hydrogen-bond acceptors (Lipinski definition) is 3. The summed E-state index contributed by atoms with van der Waals surface area (Å²) in [6.07, 6.45) is 4.56. The Bertz CT molecular complexity index is 990. The largest absolute Gasteiger partial charge is 0.372 e. The Morgan fingerprint density at radius 3 is 2.59 bits per heavy atom. The summed E-state index contributed by atoms with van der Waals surface area (Å²) >= 11 is 6.03. The van der Waals surface area contributed by atoms with E-state index >= 15 is 0 Å². The Morgan fingerprint density at radius 1 is 1.14 bits per heavy atom. The van der Waals surface area contributed by atoms with E-state index in [0.717, 1.165) is 42.1 Å². The first kappa shape index (κ1) is 19.5. The number of hydrogen-bond donors (Lipinski definition) is 2. The molecule has 0 bridgehead atoms. The minimum absolute atomic E-state index is 0.199. The lowest BCUT2D eigenvalue weighted by Crippen LogP contribution is -2.29. The number of benzene rings is 2. The maximum absolute atomic E-state index is 12.8. The van der Waals surface area contributed by atoms with Crippen LogP contribution >= 0.6 is 11.6 Å². The molecule has 29 heavy (non-hydrogen) atoms. The molecule has 6 heteroatoms. The molecule has 5 nitrogen and oxygen atoms in total. The molecule has 4 rings (SSSR count). The van der Waals surface area contributed by atoms with E-state index in [0.29, 0.717) is 10.6 Å². The summed E-state index contributed by atoms with van der Waals surface area (Å²) in [5.74, 6) is -0.199. The second kappa shape index (κ2) is 8.70. The second-order valence-corrected chi connectivity index (χ2v) is 7.77. The number of aromatic amines is 1. The zero-order valence-corrected chi connectivity index (χ0v) is 17.3. The average Bonchev–Trinajstić information content (AvgIpc) is 3.17. The number of carbonyl (C=O) groups excluding carboxylic acids is 1. The minimum Gasteiger partial charge on any atom is -0.372 e. The standard InChI is InChI=1S/C23H25ClN4O/c1-2-20-22(25-23(29)17-7-6-8-18(24)15-17)21(27-26-20)16-9-11-19(12-10-16)28-13-4-3-5-14-28/h6-12,15H,2-5,13-14H2,1H3,(H,25,29)(H,26,27). The highest BCUT2D eigenvalue weighted by Gasteiger charge is 2.18. The van der Waals surface area contributed by atoms with Crippen LogP contribution in [0.15, 0.2) is 48.5 Å². The van der Waals surface area contributed by atoms with Crippen molar-refractivity contribution >= 4 is 28.9 Å². The molecule has 2 aromatic carbocycles. The van der Waals surface area contributed by atoms with Gasteiger partial charge in [-0.25, -0.2) is 0 Å². The number of aromatic nitrogens is 2. The normalized spacial score (nSPS) is 14.1. The van der Waals surface area contributed by atoms with E-state index in [1.807, 2.05) is 6.92 Å². The SMILES string of the molecule is CCc1[nH]nc(-c2ccc(N3CCCCC3)cc2)c1NC(=O)c1cccc(Cl)c1. The van der Waals surface area contributed by atoms with Gasteiger partial charge in [0.25, 0.3) is 5.91 Å². The first-order valence-corrected chi connectivity index (χ1v) is 10.5. The molecule has 1 aliphatic rings. The van der Waals surface area contributed by atoms with Crippen LogP contribution in [0.25, 0.3) is 11.3 Å². The lowest BCUT2D eigenvalue weighted by Gasteiger charge is -2.28. The van der Waals surface area contributed by atoms with Crippen molar-refractivity contribution in [3.63, 3.8) is 0 Å². The van der Waals surface area contributed by atoms with E-state index in [1.165, 1.54) is 24.9 Å². The number of rotatable bonds is 5. The van der Waals surface area contributed by atoms with Gasteiger partial charge in [0, 0.05) is 34.9 Å². The van der Waals surface area contributed by atoms with Crippen molar-refractivity contribution in [3.05, 3.63) is 64.8 Å². The van der Waals surface area contributed by atoms with Crippen LogP contribution < -0.4 is 10.2 Å². The van der Waals surface area contributed by atoms with Gasteiger partial charge in [0.15, 0.2) is 0 Å². The van der Waals surface area contributed by atoms with Crippen molar-refractivity contribution in [1.82, 2.24) is 10.2 Å². The molecule has 1 fully saturated rings. The van der Waals surface area contributed by atoms with Gasteiger partial charge in [-0.1, -0.05) is 36.7 Å². The van der Waals surface area contributed by atoms with Gasteiger partial charge in [-0.15, -0.1) is 0 Å². The number of H-pyrrole nitrogens is 1. The molecule has 1 amide bonds. The summed E-state index contributed by atoms with van der Waals surface area (Å²) in [5, 5.41) is 11.1. The molecule has 1 aliphatic heterocycles. The molecular weight excluding hydrogens is 384 g/mol. The number of aryl methyl sites for hydroxylation is 1. The second-order valence-electron chi connectivity index (χ2n) is 7.34. The van der Waals surface area contributed by atoms with Gasteiger partial charge in [-0.3, -0.25) is 9.89 Å². The Hall–Kier alpha value is -2.79. The molecule has 0 spiro atoms. The zero-order chi connectivity index (χ0) is 20.2. The van der Waals surface area contributed by atoms with Crippen molar-refractivity contribution in [1.29, 1.82) is 0 Å². The van der Waals surface area contributed by atoms with Crippen LogP contribution in [0.5, 0.6) is 0 Å². The van der Waals surface area contributed by atoms with E-state index in [2.05, 4.69) is 44.7 Å². The van der Waals surface area contributed by atoms with Gasteiger partial charge in [0.1, 0.15) is 5.69 Å². The molecular formula is C23H25ClN4O. The third-order valence-corrected chi connectivity index (χ3v) is 5.62. The van der Waals surface area contributed by atoms with Crippen molar-refractivity contribution < 1.29 is 4.79 Å². The molecule has 2 N–H and O–H groups in total. The fraction of sp³-hybridized carbons (Fsp3) is 0.304. The molecule has 0 atom stereocenters.